The lowest BCUT2D eigenvalue weighted by Crippen LogP contribution is -2.15. The summed E-state index contributed by atoms with van der Waals surface area (Å²) < 4.78 is 48.2. The van der Waals surface area contributed by atoms with E-state index in [0.29, 0.717) is 22.3 Å². The lowest BCUT2D eigenvalue weighted by molar-refractivity contribution is 0.660. The molecule has 0 heterocycles. The molecule has 1 nitrogen and oxygen atoms in total. The van der Waals surface area contributed by atoms with Crippen LogP contribution in [0.25, 0.3) is 11.1 Å². The van der Waals surface area contributed by atoms with E-state index in [1.54, 1.807) is 0 Å². The van der Waals surface area contributed by atoms with Gasteiger partial charge in [-0.2, -0.15) is 0 Å². The molecule has 16 heavy (non-hydrogen) atoms. The second kappa shape index (κ2) is 2.88. The molecule has 3 rings (SSSR count). The Labute approximate surface area is 104 Å². The summed E-state index contributed by atoms with van der Waals surface area (Å²) in [6.45, 7) is 3.70. The number of fused-ring (bicyclic) bond motifs is 3. The average Bonchev–Trinajstić information content (AvgIpc) is 2.68. The third-order valence-electron chi connectivity index (χ3n) is 3.13. The van der Waals surface area contributed by atoms with Crippen LogP contribution in [-0.4, -0.2) is 0 Å². The number of nitrogens with two attached hydrogens (primary N) is 1. The number of nitrogen functional groups attached to an aromatic ring is 1. The molecule has 0 saturated carbocycles. The van der Waals surface area contributed by atoms with E-state index in [0.717, 1.165) is 0 Å². The molecular weight excluding hydrogens is 194 g/mol. The molecule has 0 amide bonds. The van der Waals surface area contributed by atoms with Gasteiger partial charge >= 0.3 is 0 Å². The van der Waals surface area contributed by atoms with E-state index in [2.05, 4.69) is 0 Å². The lowest BCUT2D eigenvalue weighted by Gasteiger charge is -2.21. The zero-order valence-corrected chi connectivity index (χ0v) is 9.15. The Morgan fingerprint density at radius 3 is 2.62 bits per heavy atom. The first-order chi connectivity index (χ1) is 10.1. The summed E-state index contributed by atoms with van der Waals surface area (Å²) in [4.78, 5) is 0. The largest absolute Gasteiger partial charge is 0.399 e. The maximum absolute atomic E-state index is 8.24. The summed E-state index contributed by atoms with van der Waals surface area (Å²) in [6, 6.07) is 0.766. The number of rotatable bonds is 0. The highest BCUT2D eigenvalue weighted by Gasteiger charge is 2.34. The summed E-state index contributed by atoms with van der Waals surface area (Å²) in [5.74, 6) is 0. The van der Waals surface area contributed by atoms with Crippen molar-refractivity contribution in [1.82, 2.24) is 0 Å². The van der Waals surface area contributed by atoms with Gasteiger partial charge in [0.25, 0.3) is 0 Å². The van der Waals surface area contributed by atoms with Crippen LogP contribution in [0, 0.1) is 0 Å². The molecule has 2 aromatic carbocycles. The minimum Gasteiger partial charge on any atom is -0.399 e. The maximum Gasteiger partial charge on any atom is 0.0648 e. The van der Waals surface area contributed by atoms with Crippen LogP contribution in [-0.2, 0) is 5.41 Å². The van der Waals surface area contributed by atoms with Gasteiger partial charge in [-0.05, 0) is 34.3 Å². The van der Waals surface area contributed by atoms with E-state index in [4.69, 9.17) is 14.0 Å². The van der Waals surface area contributed by atoms with E-state index in [-0.39, 0.29) is 41.9 Å². The Morgan fingerprint density at radius 1 is 1.06 bits per heavy atom. The van der Waals surface area contributed by atoms with Gasteiger partial charge in [0.05, 0.1) is 8.22 Å². The summed E-state index contributed by atoms with van der Waals surface area (Å²) >= 11 is 0. The molecule has 80 valence electrons. The summed E-state index contributed by atoms with van der Waals surface area (Å²) in [6.07, 6.45) is 0. The molecule has 0 aromatic heterocycles. The van der Waals surface area contributed by atoms with Gasteiger partial charge in [-0.25, -0.2) is 0 Å². The van der Waals surface area contributed by atoms with Gasteiger partial charge in [0.15, 0.2) is 0 Å². The minimum absolute atomic E-state index is 0.00494. The molecule has 0 aliphatic heterocycles. The van der Waals surface area contributed by atoms with Crippen molar-refractivity contribution < 1.29 is 8.22 Å². The van der Waals surface area contributed by atoms with Crippen LogP contribution < -0.4 is 5.73 Å². The zero-order valence-electron chi connectivity index (χ0n) is 15.2. The van der Waals surface area contributed by atoms with Crippen molar-refractivity contribution in [2.75, 3.05) is 5.73 Å². The first kappa shape index (κ1) is 5.05. The van der Waals surface area contributed by atoms with Crippen molar-refractivity contribution in [3.05, 3.63) is 53.4 Å². The quantitative estimate of drug-likeness (QED) is 0.668. The molecule has 1 aliphatic carbocycles. The lowest BCUT2D eigenvalue weighted by atomic mass is 9.82. The molecule has 0 spiro atoms. The van der Waals surface area contributed by atoms with Crippen LogP contribution in [0.2, 0.25) is 0 Å². The molecule has 0 unspecified atom stereocenters. The van der Waals surface area contributed by atoms with Crippen LogP contribution in [0.1, 0.15) is 33.2 Å². The summed E-state index contributed by atoms with van der Waals surface area (Å²) in [5.41, 5.74) is 6.91. The van der Waals surface area contributed by atoms with Crippen molar-refractivity contribution in [1.29, 1.82) is 0 Å². The smallest absolute Gasteiger partial charge is 0.0648 e. The van der Waals surface area contributed by atoms with Crippen LogP contribution in [0.4, 0.5) is 5.69 Å². The SMILES string of the molecule is [2H]c1cc2c(c([2H])c1[2H])-c1c([2H])c([2H])c(N)c([2H])c1C2(C)C. The molecular formula is C15H15N. The first-order valence-corrected chi connectivity index (χ1v) is 5.12. The van der Waals surface area contributed by atoms with Gasteiger partial charge in [-0.15, -0.1) is 0 Å². The monoisotopic (exact) mass is 215 g/mol. The normalized spacial score (nSPS) is 20.9. The number of benzene rings is 2. The van der Waals surface area contributed by atoms with E-state index < -0.39 is 5.41 Å². The van der Waals surface area contributed by atoms with Gasteiger partial charge < -0.3 is 5.73 Å². The molecule has 0 atom stereocenters. The number of anilines is 1. The van der Waals surface area contributed by atoms with Crippen molar-refractivity contribution >= 4 is 5.69 Å². The van der Waals surface area contributed by atoms with E-state index >= 15 is 0 Å². The van der Waals surface area contributed by atoms with Crippen molar-refractivity contribution in [3.8, 4) is 11.1 Å². The molecule has 0 fully saturated rings. The average molecular weight is 215 g/mol. The predicted molar refractivity (Wildman–Crippen MR) is 68.4 cm³/mol. The molecule has 0 bridgehead atoms. The van der Waals surface area contributed by atoms with Crippen LogP contribution in [0.15, 0.2) is 42.3 Å². The van der Waals surface area contributed by atoms with Crippen molar-refractivity contribution in [2.24, 2.45) is 0 Å². The van der Waals surface area contributed by atoms with E-state index in [1.165, 1.54) is 6.07 Å². The van der Waals surface area contributed by atoms with Gasteiger partial charge in [0.2, 0.25) is 0 Å². The van der Waals surface area contributed by atoms with E-state index in [1.807, 2.05) is 13.8 Å². The number of hydrogen-bond donors (Lipinski definition) is 1. The Bertz CT molecular complexity index is 841. The molecule has 2 N–H and O–H groups in total. The van der Waals surface area contributed by atoms with E-state index in [9.17, 15) is 0 Å². The van der Waals surface area contributed by atoms with Crippen LogP contribution in [0.3, 0.4) is 0 Å². The van der Waals surface area contributed by atoms with Gasteiger partial charge in [0.1, 0.15) is 0 Å². The molecule has 1 heteroatoms. The van der Waals surface area contributed by atoms with Gasteiger partial charge in [0, 0.05) is 11.1 Å². The third kappa shape index (κ3) is 1.06. The summed E-state index contributed by atoms with van der Waals surface area (Å²) in [7, 11) is 0. The Morgan fingerprint density at radius 2 is 1.81 bits per heavy atom. The highest BCUT2D eigenvalue weighted by atomic mass is 14.5. The Hall–Kier alpha value is -1.76. The second-order valence-corrected chi connectivity index (χ2v) is 4.49. The second-order valence-electron chi connectivity index (χ2n) is 4.49. The Balaban J connectivity index is 2.58. The first-order valence-electron chi connectivity index (χ1n) is 8.12. The highest BCUT2D eigenvalue weighted by Crippen LogP contribution is 2.48. The highest BCUT2D eigenvalue weighted by molar-refractivity contribution is 5.81. The van der Waals surface area contributed by atoms with Crippen molar-refractivity contribution in [3.63, 3.8) is 0 Å². The summed E-state index contributed by atoms with van der Waals surface area (Å²) in [5, 5.41) is 0. The fourth-order valence-corrected chi connectivity index (χ4v) is 2.25. The fourth-order valence-electron chi connectivity index (χ4n) is 2.25. The maximum atomic E-state index is 8.24. The van der Waals surface area contributed by atoms with Gasteiger partial charge in [-0.1, -0.05) is 44.1 Å². The third-order valence-corrected chi connectivity index (χ3v) is 3.13. The van der Waals surface area contributed by atoms with Crippen molar-refractivity contribution in [2.45, 2.75) is 19.3 Å². The predicted octanol–water partition coefficient (Wildman–Crippen LogP) is 3.58. The molecule has 1 aliphatic rings. The Kier molecular flexibility index (Phi) is 0.909. The minimum atomic E-state index is -0.696. The number of hydrogen-bond acceptors (Lipinski definition) is 1. The molecule has 0 saturated heterocycles. The zero-order chi connectivity index (χ0) is 16.6. The van der Waals surface area contributed by atoms with Crippen LogP contribution >= 0.6 is 0 Å². The standard InChI is InChI=1S/C15H15N/c1-15(2)13-6-4-3-5-11(13)12-8-7-10(16)9-14(12)15/h3-9H,16H2,1-2H3/i3D,4D,5D,7D,8D,9D. The molecule has 2 aromatic rings. The topological polar surface area (TPSA) is 26.0 Å². The van der Waals surface area contributed by atoms with Crippen LogP contribution in [0.5, 0.6) is 0 Å². The fraction of sp³-hybridized carbons (Fsp3) is 0.200. The van der Waals surface area contributed by atoms with Gasteiger partial charge in [-0.3, -0.25) is 0 Å². The molecule has 0 radical (unpaired) electrons.